The summed E-state index contributed by atoms with van der Waals surface area (Å²) in [6.07, 6.45) is 0. The van der Waals surface area contributed by atoms with Crippen LogP contribution in [-0.4, -0.2) is 27.5 Å². The van der Waals surface area contributed by atoms with Crippen molar-refractivity contribution in [3.63, 3.8) is 0 Å². The van der Waals surface area contributed by atoms with Gasteiger partial charge in [0.1, 0.15) is 17.4 Å². The van der Waals surface area contributed by atoms with Gasteiger partial charge in [0, 0.05) is 17.2 Å². The molecule has 0 aliphatic carbocycles. The quantitative estimate of drug-likeness (QED) is 0.457. The molecule has 5 nitrogen and oxygen atoms in total. The zero-order chi connectivity index (χ0) is 21.8. The Labute approximate surface area is 177 Å². The number of carbonyl (C=O) groups is 1. The summed E-state index contributed by atoms with van der Waals surface area (Å²) in [6, 6.07) is 21.4. The lowest BCUT2D eigenvalue weighted by molar-refractivity contribution is -0.139. The molecule has 0 atom stereocenters. The molecular weight excluding hydrogens is 402 g/mol. The van der Waals surface area contributed by atoms with E-state index in [0.29, 0.717) is 29.1 Å². The summed E-state index contributed by atoms with van der Waals surface area (Å²) in [5, 5.41) is 13.6. The molecule has 0 saturated heterocycles. The normalized spacial score (nSPS) is 10.8. The van der Waals surface area contributed by atoms with Crippen molar-refractivity contribution >= 4 is 5.97 Å². The van der Waals surface area contributed by atoms with E-state index in [-0.39, 0.29) is 11.6 Å². The van der Waals surface area contributed by atoms with Gasteiger partial charge < -0.3 is 9.84 Å². The van der Waals surface area contributed by atoms with Crippen LogP contribution in [0.2, 0.25) is 0 Å². The number of halogens is 2. The molecule has 1 aromatic heterocycles. The maximum absolute atomic E-state index is 13.9. The minimum atomic E-state index is -1.18. The van der Waals surface area contributed by atoms with Crippen molar-refractivity contribution < 1.29 is 23.4 Å². The first-order valence-electron chi connectivity index (χ1n) is 9.52. The van der Waals surface area contributed by atoms with E-state index in [1.54, 1.807) is 22.9 Å². The second kappa shape index (κ2) is 8.79. The largest absolute Gasteiger partial charge is 0.481 e. The number of benzene rings is 3. The molecule has 1 N–H and O–H groups in total. The minimum Gasteiger partial charge on any atom is -0.481 e. The third kappa shape index (κ3) is 4.78. The van der Waals surface area contributed by atoms with E-state index in [1.165, 1.54) is 24.3 Å². The SMILES string of the molecule is O=C(O)COc1cc(F)ccc1-c1cc(-c2cccc(F)c2)n(Cc2ccccc2)n1. The minimum absolute atomic E-state index is 0.0672. The zero-order valence-electron chi connectivity index (χ0n) is 16.3. The maximum atomic E-state index is 13.9. The van der Waals surface area contributed by atoms with Crippen LogP contribution < -0.4 is 4.74 Å². The van der Waals surface area contributed by atoms with Crippen molar-refractivity contribution in [2.75, 3.05) is 6.61 Å². The number of aromatic nitrogens is 2. The van der Waals surface area contributed by atoms with Crippen molar-refractivity contribution in [2.24, 2.45) is 0 Å². The molecule has 0 saturated carbocycles. The Morgan fingerprint density at radius 3 is 2.45 bits per heavy atom. The molecule has 0 fully saturated rings. The van der Waals surface area contributed by atoms with Crippen LogP contribution in [0.5, 0.6) is 5.75 Å². The third-order valence-corrected chi connectivity index (χ3v) is 4.65. The van der Waals surface area contributed by atoms with Gasteiger partial charge in [-0.05, 0) is 35.9 Å². The molecule has 1 heterocycles. The predicted molar refractivity (Wildman–Crippen MR) is 112 cm³/mol. The Bertz CT molecular complexity index is 1220. The average molecular weight is 420 g/mol. The van der Waals surface area contributed by atoms with Crippen molar-refractivity contribution in [1.29, 1.82) is 0 Å². The Hall–Kier alpha value is -4.00. The Morgan fingerprint density at radius 1 is 0.935 bits per heavy atom. The van der Waals surface area contributed by atoms with Crippen LogP contribution in [0, 0.1) is 11.6 Å². The van der Waals surface area contributed by atoms with Gasteiger partial charge in [-0.15, -0.1) is 0 Å². The van der Waals surface area contributed by atoms with Crippen LogP contribution in [0.15, 0.2) is 78.9 Å². The fraction of sp³-hybridized carbons (Fsp3) is 0.0833. The summed E-state index contributed by atoms with van der Waals surface area (Å²) < 4.78 is 34.7. The van der Waals surface area contributed by atoms with Gasteiger partial charge in [-0.25, -0.2) is 13.6 Å². The van der Waals surface area contributed by atoms with Gasteiger partial charge in [0.15, 0.2) is 6.61 Å². The molecule has 0 unspecified atom stereocenters. The highest BCUT2D eigenvalue weighted by atomic mass is 19.1. The zero-order valence-corrected chi connectivity index (χ0v) is 16.3. The van der Waals surface area contributed by atoms with Crippen LogP contribution in [-0.2, 0) is 11.3 Å². The van der Waals surface area contributed by atoms with Crippen molar-refractivity contribution in [1.82, 2.24) is 9.78 Å². The van der Waals surface area contributed by atoms with Crippen LogP contribution in [0.25, 0.3) is 22.5 Å². The first-order chi connectivity index (χ1) is 15.0. The van der Waals surface area contributed by atoms with Crippen LogP contribution >= 0.6 is 0 Å². The molecule has 7 heteroatoms. The Kier molecular flexibility index (Phi) is 5.75. The molecular formula is C24H18F2N2O3. The molecule has 0 aliphatic heterocycles. The highest BCUT2D eigenvalue weighted by Crippen LogP contribution is 2.33. The molecule has 0 amide bonds. The standard InChI is InChI=1S/C24H18F2N2O3/c25-18-8-4-7-17(11-18)22-13-21(27-28(22)14-16-5-2-1-3-6-16)20-10-9-19(26)12-23(20)31-15-24(29)30/h1-13H,14-15H2,(H,29,30). The number of hydrogen-bond donors (Lipinski definition) is 1. The summed E-state index contributed by atoms with van der Waals surface area (Å²) >= 11 is 0. The lowest BCUT2D eigenvalue weighted by atomic mass is 10.1. The van der Waals surface area contributed by atoms with E-state index in [2.05, 4.69) is 5.10 Å². The van der Waals surface area contributed by atoms with Crippen LogP contribution in [0.1, 0.15) is 5.56 Å². The van der Waals surface area contributed by atoms with Gasteiger partial charge in [0.2, 0.25) is 0 Å². The number of ether oxygens (including phenoxy) is 1. The molecule has 0 bridgehead atoms. The fourth-order valence-electron chi connectivity index (χ4n) is 3.27. The number of hydrogen-bond acceptors (Lipinski definition) is 3. The number of carboxylic acid groups (broad SMARTS) is 1. The molecule has 0 aliphatic rings. The Balaban J connectivity index is 1.81. The number of rotatable bonds is 7. The van der Waals surface area contributed by atoms with Gasteiger partial charge in [-0.2, -0.15) is 5.10 Å². The molecule has 31 heavy (non-hydrogen) atoms. The van der Waals surface area contributed by atoms with Gasteiger partial charge >= 0.3 is 5.97 Å². The lowest BCUT2D eigenvalue weighted by Crippen LogP contribution is -2.10. The van der Waals surface area contributed by atoms with Crippen molar-refractivity contribution in [2.45, 2.75) is 6.54 Å². The summed E-state index contributed by atoms with van der Waals surface area (Å²) in [4.78, 5) is 10.9. The number of carboxylic acids is 1. The number of nitrogens with zero attached hydrogens (tertiary/aromatic N) is 2. The van der Waals surface area contributed by atoms with E-state index in [0.717, 1.165) is 11.6 Å². The summed E-state index contributed by atoms with van der Waals surface area (Å²) in [5.41, 5.74) is 3.18. The highest BCUT2D eigenvalue weighted by Gasteiger charge is 2.17. The molecule has 3 aromatic carbocycles. The predicted octanol–water partition coefficient (Wildman–Crippen LogP) is 5.01. The average Bonchev–Trinajstić information content (AvgIpc) is 3.16. The van der Waals surface area contributed by atoms with Gasteiger partial charge in [0.25, 0.3) is 0 Å². The summed E-state index contributed by atoms with van der Waals surface area (Å²) in [5.74, 6) is -2.04. The third-order valence-electron chi connectivity index (χ3n) is 4.65. The first-order valence-corrected chi connectivity index (χ1v) is 9.52. The molecule has 0 spiro atoms. The highest BCUT2D eigenvalue weighted by molar-refractivity contribution is 5.74. The molecule has 4 aromatic rings. The van der Waals surface area contributed by atoms with Crippen molar-refractivity contribution in [3.8, 4) is 28.3 Å². The maximum Gasteiger partial charge on any atom is 0.341 e. The molecule has 4 rings (SSSR count). The van der Waals surface area contributed by atoms with Gasteiger partial charge in [-0.3, -0.25) is 4.68 Å². The topological polar surface area (TPSA) is 64.3 Å². The van der Waals surface area contributed by atoms with Gasteiger partial charge in [0.05, 0.1) is 17.9 Å². The van der Waals surface area contributed by atoms with E-state index in [1.807, 2.05) is 30.3 Å². The van der Waals surface area contributed by atoms with Gasteiger partial charge in [-0.1, -0.05) is 42.5 Å². The smallest absolute Gasteiger partial charge is 0.341 e. The molecule has 156 valence electrons. The van der Waals surface area contributed by atoms with E-state index >= 15 is 0 Å². The van der Waals surface area contributed by atoms with Crippen molar-refractivity contribution in [3.05, 3.63) is 96.1 Å². The summed E-state index contributed by atoms with van der Waals surface area (Å²) in [7, 11) is 0. The van der Waals surface area contributed by atoms with E-state index in [9.17, 15) is 13.6 Å². The van der Waals surface area contributed by atoms with E-state index in [4.69, 9.17) is 9.84 Å². The monoisotopic (exact) mass is 420 g/mol. The summed E-state index contributed by atoms with van der Waals surface area (Å²) in [6.45, 7) is -0.183. The second-order valence-corrected chi connectivity index (χ2v) is 6.89. The lowest BCUT2D eigenvalue weighted by Gasteiger charge is -2.09. The fourth-order valence-corrected chi connectivity index (χ4v) is 3.27. The van der Waals surface area contributed by atoms with E-state index < -0.39 is 18.4 Å². The second-order valence-electron chi connectivity index (χ2n) is 6.89. The Morgan fingerprint density at radius 2 is 1.71 bits per heavy atom. The van der Waals surface area contributed by atoms with Crippen LogP contribution in [0.4, 0.5) is 8.78 Å². The molecule has 0 radical (unpaired) electrons. The first kappa shape index (κ1) is 20.3. The number of aliphatic carboxylic acids is 1. The van der Waals surface area contributed by atoms with Crippen LogP contribution in [0.3, 0.4) is 0 Å².